The molecule has 0 atom stereocenters. The van der Waals surface area contributed by atoms with Crippen molar-refractivity contribution in [1.82, 2.24) is 0 Å². The van der Waals surface area contributed by atoms with Crippen molar-refractivity contribution in [3.63, 3.8) is 0 Å². The highest BCUT2D eigenvalue weighted by Gasteiger charge is 2.16. The molecular formula is C14H14N2O4S. The summed E-state index contributed by atoms with van der Waals surface area (Å²) in [5.41, 5.74) is 0.478. The van der Waals surface area contributed by atoms with E-state index >= 15 is 0 Å². The molecule has 0 fully saturated rings. The van der Waals surface area contributed by atoms with Crippen LogP contribution in [0.4, 0.5) is 5.69 Å². The Hall–Kier alpha value is -2.38. The Labute approximate surface area is 122 Å². The van der Waals surface area contributed by atoms with Crippen molar-refractivity contribution in [2.45, 2.75) is 4.90 Å². The fourth-order valence-electron chi connectivity index (χ4n) is 1.78. The minimum atomic E-state index is -3.91. The minimum Gasteiger partial charge on any atom is -0.497 e. The number of carbonyl (C=O) groups excluding carboxylic acids is 1. The topological polar surface area (TPSA) is 98.5 Å². The van der Waals surface area contributed by atoms with Crippen molar-refractivity contribution in [3.05, 3.63) is 54.1 Å². The number of hydrogen-bond acceptors (Lipinski definition) is 4. The van der Waals surface area contributed by atoms with Gasteiger partial charge in [0.15, 0.2) is 0 Å². The van der Waals surface area contributed by atoms with Crippen LogP contribution in [0, 0.1) is 0 Å². The van der Waals surface area contributed by atoms with Crippen LogP contribution in [0.5, 0.6) is 5.75 Å². The van der Waals surface area contributed by atoms with Crippen LogP contribution >= 0.6 is 0 Å². The van der Waals surface area contributed by atoms with E-state index in [0.29, 0.717) is 11.3 Å². The molecule has 0 saturated heterocycles. The second kappa shape index (κ2) is 5.94. The quantitative estimate of drug-likeness (QED) is 0.896. The Balaban J connectivity index is 2.32. The van der Waals surface area contributed by atoms with Gasteiger partial charge in [-0.25, -0.2) is 13.6 Å². The Morgan fingerprint density at radius 1 is 1.14 bits per heavy atom. The molecule has 0 saturated carbocycles. The van der Waals surface area contributed by atoms with E-state index in [0.717, 1.165) is 0 Å². The summed E-state index contributed by atoms with van der Waals surface area (Å²) in [6.07, 6.45) is 0. The molecule has 0 heterocycles. The Bertz CT molecular complexity index is 772. The summed E-state index contributed by atoms with van der Waals surface area (Å²) >= 11 is 0. The highest BCUT2D eigenvalue weighted by Crippen LogP contribution is 2.21. The lowest BCUT2D eigenvalue weighted by Crippen LogP contribution is -2.18. The molecule has 110 valence electrons. The number of nitrogens with one attached hydrogen (secondary N) is 1. The van der Waals surface area contributed by atoms with Gasteiger partial charge in [-0.1, -0.05) is 18.2 Å². The van der Waals surface area contributed by atoms with Gasteiger partial charge < -0.3 is 10.1 Å². The number of ether oxygens (including phenoxy) is 1. The van der Waals surface area contributed by atoms with Crippen LogP contribution in [0.25, 0.3) is 0 Å². The van der Waals surface area contributed by atoms with E-state index in [1.165, 1.54) is 25.3 Å². The van der Waals surface area contributed by atoms with E-state index in [9.17, 15) is 13.2 Å². The molecule has 0 radical (unpaired) electrons. The molecule has 0 aliphatic carbocycles. The predicted molar refractivity (Wildman–Crippen MR) is 78.8 cm³/mol. The van der Waals surface area contributed by atoms with Crippen LogP contribution in [0.3, 0.4) is 0 Å². The SMILES string of the molecule is COc1cccc(C(=O)Nc2ccccc2S(N)(=O)=O)c1. The molecule has 0 aliphatic rings. The summed E-state index contributed by atoms with van der Waals surface area (Å²) in [6.45, 7) is 0. The van der Waals surface area contributed by atoms with Crippen LogP contribution in [0.1, 0.15) is 10.4 Å². The summed E-state index contributed by atoms with van der Waals surface area (Å²) < 4.78 is 28.0. The van der Waals surface area contributed by atoms with E-state index in [1.807, 2.05) is 0 Å². The third-order valence-corrected chi connectivity index (χ3v) is 3.74. The number of methoxy groups -OCH3 is 1. The van der Waals surface area contributed by atoms with Crippen molar-refractivity contribution in [3.8, 4) is 5.75 Å². The Morgan fingerprint density at radius 2 is 1.86 bits per heavy atom. The van der Waals surface area contributed by atoms with E-state index in [1.54, 1.807) is 30.3 Å². The summed E-state index contributed by atoms with van der Waals surface area (Å²) in [4.78, 5) is 12.0. The number of anilines is 1. The van der Waals surface area contributed by atoms with Crippen molar-refractivity contribution in [1.29, 1.82) is 0 Å². The first kappa shape index (κ1) is 15.0. The molecule has 0 unspecified atom stereocenters. The fraction of sp³-hybridized carbons (Fsp3) is 0.0714. The van der Waals surface area contributed by atoms with Crippen molar-refractivity contribution in [2.75, 3.05) is 12.4 Å². The maximum Gasteiger partial charge on any atom is 0.255 e. The largest absolute Gasteiger partial charge is 0.497 e. The Morgan fingerprint density at radius 3 is 2.52 bits per heavy atom. The average molecular weight is 306 g/mol. The van der Waals surface area contributed by atoms with E-state index in [4.69, 9.17) is 9.88 Å². The van der Waals surface area contributed by atoms with Gasteiger partial charge in [-0.05, 0) is 30.3 Å². The van der Waals surface area contributed by atoms with Gasteiger partial charge in [-0.3, -0.25) is 4.79 Å². The minimum absolute atomic E-state index is 0.132. The highest BCUT2D eigenvalue weighted by atomic mass is 32.2. The average Bonchev–Trinajstić information content (AvgIpc) is 2.46. The lowest BCUT2D eigenvalue weighted by molar-refractivity contribution is 0.102. The molecule has 6 nitrogen and oxygen atoms in total. The van der Waals surface area contributed by atoms with E-state index in [-0.39, 0.29) is 10.6 Å². The number of carbonyl (C=O) groups is 1. The standard InChI is InChI=1S/C14H14N2O4S/c1-20-11-6-4-5-10(9-11)14(17)16-12-7-2-3-8-13(12)21(15,18)19/h2-9H,1H3,(H,16,17)(H2,15,18,19). The summed E-state index contributed by atoms with van der Waals surface area (Å²) in [5, 5.41) is 7.65. The van der Waals surface area contributed by atoms with Gasteiger partial charge in [-0.2, -0.15) is 0 Å². The lowest BCUT2D eigenvalue weighted by Gasteiger charge is -2.10. The number of amides is 1. The number of hydrogen-bond donors (Lipinski definition) is 2. The van der Waals surface area contributed by atoms with Gasteiger partial charge in [0.05, 0.1) is 12.8 Å². The molecule has 2 rings (SSSR count). The maximum atomic E-state index is 12.2. The number of primary sulfonamides is 1. The third-order valence-electron chi connectivity index (χ3n) is 2.77. The lowest BCUT2D eigenvalue weighted by atomic mass is 10.2. The zero-order chi connectivity index (χ0) is 15.5. The smallest absolute Gasteiger partial charge is 0.255 e. The third kappa shape index (κ3) is 3.59. The molecule has 21 heavy (non-hydrogen) atoms. The monoisotopic (exact) mass is 306 g/mol. The molecule has 0 aliphatic heterocycles. The number of sulfonamides is 1. The van der Waals surface area contributed by atoms with Gasteiger partial charge >= 0.3 is 0 Å². The molecule has 2 aromatic carbocycles. The second-order valence-corrected chi connectivity index (χ2v) is 5.76. The summed E-state index contributed by atoms with van der Waals surface area (Å²) in [7, 11) is -2.42. The van der Waals surface area contributed by atoms with Gasteiger partial charge in [0.1, 0.15) is 10.6 Å². The van der Waals surface area contributed by atoms with Crippen molar-refractivity contribution >= 4 is 21.6 Å². The number of nitrogens with two attached hydrogens (primary N) is 1. The molecule has 7 heteroatoms. The molecule has 0 bridgehead atoms. The molecule has 1 amide bonds. The zero-order valence-electron chi connectivity index (χ0n) is 11.2. The molecule has 0 aromatic heterocycles. The van der Waals surface area contributed by atoms with Crippen molar-refractivity contribution in [2.24, 2.45) is 5.14 Å². The van der Waals surface area contributed by atoms with E-state index < -0.39 is 15.9 Å². The molecule has 3 N–H and O–H groups in total. The number of rotatable bonds is 4. The van der Waals surface area contributed by atoms with Crippen LogP contribution in [-0.2, 0) is 10.0 Å². The van der Waals surface area contributed by atoms with Crippen molar-refractivity contribution < 1.29 is 17.9 Å². The summed E-state index contributed by atoms with van der Waals surface area (Å²) in [5.74, 6) is 0.0763. The first-order chi connectivity index (χ1) is 9.91. The molecular weight excluding hydrogens is 292 g/mol. The fourth-order valence-corrected chi connectivity index (χ4v) is 2.47. The second-order valence-electron chi connectivity index (χ2n) is 4.23. The number of para-hydroxylation sites is 1. The predicted octanol–water partition coefficient (Wildman–Crippen LogP) is 1.59. The van der Waals surface area contributed by atoms with Crippen LogP contribution in [-0.4, -0.2) is 21.4 Å². The van der Waals surface area contributed by atoms with Crippen LogP contribution in [0.2, 0.25) is 0 Å². The van der Waals surface area contributed by atoms with Gasteiger partial charge in [0.25, 0.3) is 5.91 Å². The van der Waals surface area contributed by atoms with Crippen LogP contribution < -0.4 is 15.2 Å². The highest BCUT2D eigenvalue weighted by molar-refractivity contribution is 7.89. The van der Waals surface area contributed by atoms with Gasteiger partial charge in [0.2, 0.25) is 10.0 Å². The normalized spacial score (nSPS) is 11.0. The number of benzene rings is 2. The van der Waals surface area contributed by atoms with Gasteiger partial charge in [0, 0.05) is 5.56 Å². The van der Waals surface area contributed by atoms with Crippen LogP contribution in [0.15, 0.2) is 53.4 Å². The maximum absolute atomic E-state index is 12.2. The Kier molecular flexibility index (Phi) is 4.25. The van der Waals surface area contributed by atoms with E-state index in [2.05, 4.69) is 5.32 Å². The summed E-state index contributed by atoms with van der Waals surface area (Å²) in [6, 6.07) is 12.5. The first-order valence-electron chi connectivity index (χ1n) is 5.99. The van der Waals surface area contributed by atoms with Gasteiger partial charge in [-0.15, -0.1) is 0 Å². The first-order valence-corrected chi connectivity index (χ1v) is 7.53. The zero-order valence-corrected chi connectivity index (χ0v) is 12.1. The molecule has 0 spiro atoms. The molecule has 2 aromatic rings.